The van der Waals surface area contributed by atoms with E-state index in [0.717, 1.165) is 44.3 Å². The number of furan rings is 1. The predicted molar refractivity (Wildman–Crippen MR) is 239 cm³/mol. The van der Waals surface area contributed by atoms with Gasteiger partial charge in [0.05, 0.1) is 22.1 Å². The molecule has 0 unspecified atom stereocenters. The fraction of sp³-hybridized carbons (Fsp3) is 0. The Morgan fingerprint density at radius 1 is 0.281 bits per heavy atom. The van der Waals surface area contributed by atoms with Gasteiger partial charge in [0, 0.05) is 49.3 Å². The monoisotopic (exact) mass is 726 g/mol. The molecular weight excluding hydrogens is 693 g/mol. The molecule has 0 aliphatic rings. The van der Waals surface area contributed by atoms with E-state index in [1.165, 1.54) is 66.0 Å². The number of aromatic nitrogens is 2. The van der Waals surface area contributed by atoms with Gasteiger partial charge in [0.2, 0.25) is 0 Å². The maximum atomic E-state index is 6.71. The molecule has 0 saturated heterocycles. The summed E-state index contributed by atoms with van der Waals surface area (Å²) in [5.74, 6) is 0. The number of para-hydroxylation sites is 4. The van der Waals surface area contributed by atoms with Crippen LogP contribution in [0, 0.1) is 0 Å². The standard InChI is InChI=1S/C54H34N2O/c1-3-15-35(16-4-1)40-19-7-8-20-41(40)47-33-39(34-48-44-23-11-14-26-53(44)57-54(47)48)56-50-25-13-10-22-43(50)46-32-37(28-30-52(46)56)36-27-29-51-45(31-36)42-21-9-12-24-49(42)55(51)38-17-5-2-6-18-38/h1-34H. The first-order valence-corrected chi connectivity index (χ1v) is 19.5. The smallest absolute Gasteiger partial charge is 0.143 e. The van der Waals surface area contributed by atoms with E-state index >= 15 is 0 Å². The molecule has 12 rings (SSSR count). The molecule has 0 amide bonds. The van der Waals surface area contributed by atoms with Crippen molar-refractivity contribution < 1.29 is 4.42 Å². The summed E-state index contributed by atoms with van der Waals surface area (Å²) in [4.78, 5) is 0. The highest BCUT2D eigenvalue weighted by molar-refractivity contribution is 6.15. The van der Waals surface area contributed by atoms with E-state index in [-0.39, 0.29) is 0 Å². The molecule has 12 aromatic rings. The first kappa shape index (κ1) is 31.7. The summed E-state index contributed by atoms with van der Waals surface area (Å²) in [6, 6.07) is 74.4. The highest BCUT2D eigenvalue weighted by atomic mass is 16.3. The molecule has 3 aromatic heterocycles. The Bertz CT molecular complexity index is 3510. The van der Waals surface area contributed by atoms with Crippen LogP contribution in [0.3, 0.4) is 0 Å². The topological polar surface area (TPSA) is 23.0 Å². The third-order valence-electron chi connectivity index (χ3n) is 11.7. The lowest BCUT2D eigenvalue weighted by Crippen LogP contribution is -1.96. The third kappa shape index (κ3) is 4.86. The van der Waals surface area contributed by atoms with Gasteiger partial charge in [-0.3, -0.25) is 0 Å². The molecule has 3 heterocycles. The quantitative estimate of drug-likeness (QED) is 0.173. The highest BCUT2D eigenvalue weighted by Gasteiger charge is 2.21. The Morgan fingerprint density at radius 2 is 0.789 bits per heavy atom. The second kappa shape index (κ2) is 12.5. The summed E-state index contributed by atoms with van der Waals surface area (Å²) < 4.78 is 11.5. The zero-order valence-electron chi connectivity index (χ0n) is 30.9. The minimum absolute atomic E-state index is 0.888. The molecule has 9 aromatic carbocycles. The van der Waals surface area contributed by atoms with Crippen molar-refractivity contribution in [3.63, 3.8) is 0 Å². The van der Waals surface area contributed by atoms with Crippen LogP contribution >= 0.6 is 0 Å². The van der Waals surface area contributed by atoms with E-state index in [1.807, 2.05) is 6.07 Å². The van der Waals surface area contributed by atoms with Crippen LogP contribution < -0.4 is 0 Å². The van der Waals surface area contributed by atoms with Gasteiger partial charge in [0.15, 0.2) is 0 Å². The zero-order valence-corrected chi connectivity index (χ0v) is 30.9. The molecule has 266 valence electrons. The lowest BCUT2D eigenvalue weighted by Gasteiger charge is -2.14. The summed E-state index contributed by atoms with van der Waals surface area (Å²) in [5, 5.41) is 7.16. The fourth-order valence-electron chi connectivity index (χ4n) is 9.17. The number of hydrogen-bond donors (Lipinski definition) is 0. The second-order valence-corrected chi connectivity index (χ2v) is 14.9. The predicted octanol–water partition coefficient (Wildman–Crippen LogP) is 14.8. The second-order valence-electron chi connectivity index (χ2n) is 14.9. The van der Waals surface area contributed by atoms with Crippen LogP contribution in [0.1, 0.15) is 0 Å². The van der Waals surface area contributed by atoms with Crippen LogP contribution in [0.2, 0.25) is 0 Å². The highest BCUT2D eigenvalue weighted by Crippen LogP contribution is 2.44. The Morgan fingerprint density at radius 3 is 1.46 bits per heavy atom. The SMILES string of the molecule is c1ccc(-c2ccccc2-c2cc(-n3c4ccccc4c4cc(-c5ccc6c(c5)c5ccccc5n6-c5ccccc5)ccc43)cc3c2oc2ccccc23)cc1. The van der Waals surface area contributed by atoms with Crippen LogP contribution in [0.5, 0.6) is 0 Å². The molecule has 0 saturated carbocycles. The van der Waals surface area contributed by atoms with Crippen LogP contribution in [0.15, 0.2) is 211 Å². The van der Waals surface area contributed by atoms with E-state index in [1.54, 1.807) is 0 Å². The number of nitrogens with zero attached hydrogens (tertiary/aromatic N) is 2. The van der Waals surface area contributed by atoms with Gasteiger partial charge in [-0.15, -0.1) is 0 Å². The van der Waals surface area contributed by atoms with Crippen molar-refractivity contribution in [2.75, 3.05) is 0 Å². The van der Waals surface area contributed by atoms with Crippen molar-refractivity contribution in [3.8, 4) is 44.8 Å². The van der Waals surface area contributed by atoms with Crippen LogP contribution in [-0.4, -0.2) is 9.13 Å². The van der Waals surface area contributed by atoms with Crippen LogP contribution in [-0.2, 0) is 0 Å². The van der Waals surface area contributed by atoms with E-state index < -0.39 is 0 Å². The van der Waals surface area contributed by atoms with Gasteiger partial charge < -0.3 is 13.6 Å². The number of benzene rings is 9. The Hall–Kier alpha value is -7.62. The molecule has 0 aliphatic carbocycles. The molecule has 3 nitrogen and oxygen atoms in total. The summed E-state index contributed by atoms with van der Waals surface area (Å²) >= 11 is 0. The van der Waals surface area contributed by atoms with E-state index in [0.29, 0.717) is 0 Å². The molecular formula is C54H34N2O. The molecule has 0 bridgehead atoms. The summed E-state index contributed by atoms with van der Waals surface area (Å²) in [7, 11) is 0. The Labute approximate surface area is 328 Å². The van der Waals surface area contributed by atoms with Crippen molar-refractivity contribution in [1.82, 2.24) is 9.13 Å². The molecule has 0 spiro atoms. The van der Waals surface area contributed by atoms with Gasteiger partial charge in [0.25, 0.3) is 0 Å². The molecule has 0 radical (unpaired) electrons. The number of fused-ring (bicyclic) bond motifs is 9. The molecule has 0 fully saturated rings. The van der Waals surface area contributed by atoms with Gasteiger partial charge in [-0.25, -0.2) is 0 Å². The first-order valence-electron chi connectivity index (χ1n) is 19.5. The van der Waals surface area contributed by atoms with Crippen molar-refractivity contribution >= 4 is 65.6 Å². The third-order valence-corrected chi connectivity index (χ3v) is 11.7. The van der Waals surface area contributed by atoms with Gasteiger partial charge in [0.1, 0.15) is 11.2 Å². The normalized spacial score (nSPS) is 11.9. The number of hydrogen-bond acceptors (Lipinski definition) is 1. The molecule has 0 N–H and O–H groups in total. The molecule has 0 atom stereocenters. The van der Waals surface area contributed by atoms with E-state index in [9.17, 15) is 0 Å². The Balaban J connectivity index is 1.08. The minimum Gasteiger partial charge on any atom is -0.455 e. The number of rotatable bonds is 5. The molecule has 0 aliphatic heterocycles. The van der Waals surface area contributed by atoms with Crippen molar-refractivity contribution in [3.05, 3.63) is 206 Å². The maximum Gasteiger partial charge on any atom is 0.143 e. The van der Waals surface area contributed by atoms with Crippen molar-refractivity contribution in [2.45, 2.75) is 0 Å². The zero-order chi connectivity index (χ0) is 37.5. The van der Waals surface area contributed by atoms with Gasteiger partial charge in [-0.05, 0) is 94.5 Å². The van der Waals surface area contributed by atoms with Gasteiger partial charge in [-0.2, -0.15) is 0 Å². The molecule has 3 heteroatoms. The summed E-state index contributed by atoms with van der Waals surface area (Å²) in [6.45, 7) is 0. The van der Waals surface area contributed by atoms with Crippen molar-refractivity contribution in [2.24, 2.45) is 0 Å². The maximum absolute atomic E-state index is 6.71. The van der Waals surface area contributed by atoms with E-state index in [2.05, 4.69) is 209 Å². The largest absolute Gasteiger partial charge is 0.455 e. The van der Waals surface area contributed by atoms with Crippen LogP contribution in [0.25, 0.3) is 110 Å². The summed E-state index contributed by atoms with van der Waals surface area (Å²) in [6.07, 6.45) is 0. The van der Waals surface area contributed by atoms with Gasteiger partial charge in [-0.1, -0.05) is 140 Å². The van der Waals surface area contributed by atoms with Crippen LogP contribution in [0.4, 0.5) is 0 Å². The lowest BCUT2D eigenvalue weighted by molar-refractivity contribution is 0.670. The van der Waals surface area contributed by atoms with Gasteiger partial charge >= 0.3 is 0 Å². The fourth-order valence-corrected chi connectivity index (χ4v) is 9.17. The van der Waals surface area contributed by atoms with Crippen molar-refractivity contribution in [1.29, 1.82) is 0 Å². The average Bonchev–Trinajstić information content (AvgIpc) is 3.94. The molecule has 57 heavy (non-hydrogen) atoms. The average molecular weight is 727 g/mol. The van der Waals surface area contributed by atoms with E-state index in [4.69, 9.17) is 4.42 Å². The minimum atomic E-state index is 0.888. The summed E-state index contributed by atoms with van der Waals surface area (Å²) in [5.41, 5.74) is 15.7. The lowest BCUT2D eigenvalue weighted by atomic mass is 9.93. The Kier molecular flexibility index (Phi) is 6.93. The first-order chi connectivity index (χ1) is 28.3.